The number of aryl methyl sites for hydroxylation is 1. The van der Waals surface area contributed by atoms with E-state index in [1.807, 2.05) is 35.9 Å². The summed E-state index contributed by atoms with van der Waals surface area (Å²) in [4.78, 5) is 0. The van der Waals surface area contributed by atoms with Gasteiger partial charge in [-0.25, -0.2) is 0 Å². The smallest absolute Gasteiger partial charge is 0.120 e. The molecule has 15 heavy (non-hydrogen) atoms. The number of phenolic OH excluding ortho intramolecular Hbond substituents is 1. The molecule has 2 nitrogen and oxygen atoms in total. The number of phenols is 1. The summed E-state index contributed by atoms with van der Waals surface area (Å²) in [6.07, 6.45) is 0. The predicted octanol–water partition coefficient (Wildman–Crippen LogP) is 2.81. The highest BCUT2D eigenvalue weighted by molar-refractivity contribution is 7.08. The Kier molecular flexibility index (Phi) is 2.75. The highest BCUT2D eigenvalue weighted by Gasteiger charge is 2.13. The van der Waals surface area contributed by atoms with E-state index in [1.165, 1.54) is 0 Å². The van der Waals surface area contributed by atoms with E-state index in [0.717, 1.165) is 16.7 Å². The van der Waals surface area contributed by atoms with Gasteiger partial charge < -0.3 is 10.8 Å². The van der Waals surface area contributed by atoms with Gasteiger partial charge in [0.15, 0.2) is 0 Å². The molecule has 0 amide bonds. The molecule has 0 spiro atoms. The van der Waals surface area contributed by atoms with Gasteiger partial charge in [0.1, 0.15) is 5.75 Å². The van der Waals surface area contributed by atoms with Gasteiger partial charge in [-0.05, 0) is 35.4 Å². The monoisotopic (exact) mass is 219 g/mol. The van der Waals surface area contributed by atoms with Crippen molar-refractivity contribution in [2.45, 2.75) is 13.0 Å². The first-order chi connectivity index (χ1) is 7.18. The molecule has 2 rings (SSSR count). The fourth-order valence-electron chi connectivity index (χ4n) is 1.55. The number of hydrogen-bond acceptors (Lipinski definition) is 3. The average Bonchev–Trinajstić information content (AvgIpc) is 2.74. The minimum absolute atomic E-state index is 0.240. The van der Waals surface area contributed by atoms with Gasteiger partial charge in [0, 0.05) is 5.56 Å². The SMILES string of the molecule is Cc1ccc(O)c([C@H](N)c2ccsc2)c1. The van der Waals surface area contributed by atoms with Crippen molar-refractivity contribution in [2.75, 3.05) is 0 Å². The normalized spacial score (nSPS) is 12.7. The van der Waals surface area contributed by atoms with E-state index in [9.17, 15) is 5.11 Å². The Morgan fingerprint density at radius 2 is 2.13 bits per heavy atom. The van der Waals surface area contributed by atoms with Gasteiger partial charge in [-0.1, -0.05) is 17.7 Å². The number of rotatable bonds is 2. The van der Waals surface area contributed by atoms with Crippen molar-refractivity contribution in [2.24, 2.45) is 5.73 Å². The Morgan fingerprint density at radius 1 is 1.33 bits per heavy atom. The summed E-state index contributed by atoms with van der Waals surface area (Å²) in [5.41, 5.74) is 9.01. The van der Waals surface area contributed by atoms with Crippen LogP contribution in [0.1, 0.15) is 22.7 Å². The van der Waals surface area contributed by atoms with Crippen LogP contribution in [0, 0.1) is 6.92 Å². The molecule has 1 aromatic carbocycles. The molecule has 0 bridgehead atoms. The first-order valence-corrected chi connectivity index (χ1v) is 5.70. The maximum atomic E-state index is 9.73. The Hall–Kier alpha value is -1.32. The van der Waals surface area contributed by atoms with Crippen LogP contribution < -0.4 is 5.73 Å². The van der Waals surface area contributed by atoms with Crippen molar-refractivity contribution < 1.29 is 5.11 Å². The number of thiophene rings is 1. The Labute approximate surface area is 93.0 Å². The average molecular weight is 219 g/mol. The zero-order chi connectivity index (χ0) is 10.8. The predicted molar refractivity (Wildman–Crippen MR) is 63.2 cm³/mol. The molecular weight excluding hydrogens is 206 g/mol. The van der Waals surface area contributed by atoms with E-state index >= 15 is 0 Å². The number of benzene rings is 1. The Bertz CT molecular complexity index is 451. The van der Waals surface area contributed by atoms with Crippen LogP contribution in [0.2, 0.25) is 0 Å². The molecule has 0 aliphatic rings. The maximum Gasteiger partial charge on any atom is 0.120 e. The second-order valence-corrected chi connectivity index (χ2v) is 4.38. The van der Waals surface area contributed by atoms with Crippen LogP contribution in [0.15, 0.2) is 35.0 Å². The quantitative estimate of drug-likeness (QED) is 0.815. The minimum Gasteiger partial charge on any atom is -0.508 e. The molecule has 0 saturated heterocycles. The summed E-state index contributed by atoms with van der Waals surface area (Å²) in [6.45, 7) is 1.99. The zero-order valence-corrected chi connectivity index (χ0v) is 9.29. The number of hydrogen-bond donors (Lipinski definition) is 2. The molecule has 3 heteroatoms. The second kappa shape index (κ2) is 4.04. The van der Waals surface area contributed by atoms with Crippen LogP contribution >= 0.6 is 11.3 Å². The molecular formula is C12H13NOS. The summed E-state index contributed by atoms with van der Waals surface area (Å²) in [6, 6.07) is 7.24. The van der Waals surface area contributed by atoms with E-state index in [0.29, 0.717) is 0 Å². The van der Waals surface area contributed by atoms with Crippen molar-refractivity contribution in [3.8, 4) is 5.75 Å². The van der Waals surface area contributed by atoms with Crippen molar-refractivity contribution >= 4 is 11.3 Å². The zero-order valence-electron chi connectivity index (χ0n) is 8.47. The third-order valence-electron chi connectivity index (χ3n) is 2.42. The summed E-state index contributed by atoms with van der Waals surface area (Å²) >= 11 is 1.61. The van der Waals surface area contributed by atoms with E-state index in [1.54, 1.807) is 17.4 Å². The molecule has 3 N–H and O–H groups in total. The fraction of sp³-hybridized carbons (Fsp3) is 0.167. The summed E-state index contributed by atoms with van der Waals surface area (Å²) < 4.78 is 0. The molecule has 1 atom stereocenters. The summed E-state index contributed by atoms with van der Waals surface area (Å²) in [5.74, 6) is 0.263. The lowest BCUT2D eigenvalue weighted by atomic mass is 9.99. The lowest BCUT2D eigenvalue weighted by molar-refractivity contribution is 0.465. The van der Waals surface area contributed by atoms with Gasteiger partial charge in [-0.15, -0.1) is 0 Å². The highest BCUT2D eigenvalue weighted by atomic mass is 32.1. The van der Waals surface area contributed by atoms with Crippen molar-refractivity contribution in [1.29, 1.82) is 0 Å². The summed E-state index contributed by atoms with van der Waals surface area (Å²) in [5, 5.41) is 13.7. The molecule has 0 saturated carbocycles. The van der Waals surface area contributed by atoms with Gasteiger partial charge in [-0.2, -0.15) is 11.3 Å². The second-order valence-electron chi connectivity index (χ2n) is 3.60. The van der Waals surface area contributed by atoms with Crippen LogP contribution in [0.5, 0.6) is 5.75 Å². The topological polar surface area (TPSA) is 46.2 Å². The van der Waals surface area contributed by atoms with Gasteiger partial charge in [0.05, 0.1) is 6.04 Å². The molecule has 0 aliphatic heterocycles. The Balaban J connectivity index is 2.41. The van der Waals surface area contributed by atoms with E-state index in [2.05, 4.69) is 0 Å². The minimum atomic E-state index is -0.240. The third-order valence-corrected chi connectivity index (χ3v) is 3.12. The first-order valence-electron chi connectivity index (χ1n) is 4.75. The van der Waals surface area contributed by atoms with Crippen molar-refractivity contribution in [1.82, 2.24) is 0 Å². The molecule has 0 fully saturated rings. The molecule has 0 unspecified atom stereocenters. The maximum absolute atomic E-state index is 9.73. The number of aromatic hydroxyl groups is 1. The molecule has 1 heterocycles. The lowest BCUT2D eigenvalue weighted by Gasteiger charge is -2.13. The van der Waals surface area contributed by atoms with Crippen LogP contribution in [-0.2, 0) is 0 Å². The van der Waals surface area contributed by atoms with E-state index in [-0.39, 0.29) is 11.8 Å². The van der Waals surface area contributed by atoms with Crippen LogP contribution in [0.3, 0.4) is 0 Å². The molecule has 1 aromatic heterocycles. The largest absolute Gasteiger partial charge is 0.508 e. The standard InChI is InChI=1S/C12H13NOS/c1-8-2-3-11(14)10(6-8)12(13)9-4-5-15-7-9/h2-7,12,14H,13H2,1H3/t12-/m1/s1. The molecule has 0 radical (unpaired) electrons. The lowest BCUT2D eigenvalue weighted by Crippen LogP contribution is -2.11. The van der Waals surface area contributed by atoms with Crippen LogP contribution in [0.4, 0.5) is 0 Å². The molecule has 78 valence electrons. The summed E-state index contributed by atoms with van der Waals surface area (Å²) in [7, 11) is 0. The van der Waals surface area contributed by atoms with Gasteiger partial charge in [0.25, 0.3) is 0 Å². The van der Waals surface area contributed by atoms with E-state index < -0.39 is 0 Å². The van der Waals surface area contributed by atoms with Crippen LogP contribution in [-0.4, -0.2) is 5.11 Å². The van der Waals surface area contributed by atoms with Crippen molar-refractivity contribution in [3.63, 3.8) is 0 Å². The molecule has 0 aliphatic carbocycles. The van der Waals surface area contributed by atoms with Crippen LogP contribution in [0.25, 0.3) is 0 Å². The molecule has 2 aromatic rings. The third kappa shape index (κ3) is 2.03. The fourth-order valence-corrected chi connectivity index (χ4v) is 2.25. The Morgan fingerprint density at radius 3 is 2.80 bits per heavy atom. The first kappa shape index (κ1) is 10.2. The van der Waals surface area contributed by atoms with Gasteiger partial charge in [-0.3, -0.25) is 0 Å². The highest BCUT2D eigenvalue weighted by Crippen LogP contribution is 2.29. The van der Waals surface area contributed by atoms with Crippen molar-refractivity contribution in [3.05, 3.63) is 51.7 Å². The van der Waals surface area contributed by atoms with Gasteiger partial charge >= 0.3 is 0 Å². The van der Waals surface area contributed by atoms with E-state index in [4.69, 9.17) is 5.73 Å². The van der Waals surface area contributed by atoms with Gasteiger partial charge in [0.2, 0.25) is 0 Å². The number of nitrogens with two attached hydrogens (primary N) is 1.